The summed E-state index contributed by atoms with van der Waals surface area (Å²) >= 11 is 1.75. The summed E-state index contributed by atoms with van der Waals surface area (Å²) in [5.74, 6) is 0.314. The van der Waals surface area contributed by atoms with Crippen LogP contribution in [0, 0.1) is 5.41 Å². The van der Waals surface area contributed by atoms with Crippen molar-refractivity contribution in [2.45, 2.75) is 58.4 Å². The monoisotopic (exact) mass is 436 g/mol. The highest BCUT2D eigenvalue weighted by Crippen LogP contribution is 2.38. The maximum Gasteiger partial charge on any atom is 0.223 e. The van der Waals surface area contributed by atoms with Crippen LogP contribution in [0.1, 0.15) is 56.2 Å². The van der Waals surface area contributed by atoms with Crippen LogP contribution in [0.4, 0.5) is 0 Å². The molecule has 1 aliphatic heterocycles. The molecule has 1 saturated carbocycles. The zero-order chi connectivity index (χ0) is 17.7. The summed E-state index contributed by atoms with van der Waals surface area (Å²) in [4.78, 5) is 21.9. The van der Waals surface area contributed by atoms with Gasteiger partial charge in [-0.25, -0.2) is 4.98 Å². The molecule has 1 aliphatic carbocycles. The first-order valence-electron chi connectivity index (χ1n) is 9.77. The minimum Gasteiger partial charge on any atom is -0.340 e. The van der Waals surface area contributed by atoms with E-state index in [1.54, 1.807) is 11.3 Å². The van der Waals surface area contributed by atoms with Gasteiger partial charge in [-0.2, -0.15) is 0 Å². The van der Waals surface area contributed by atoms with E-state index in [2.05, 4.69) is 27.1 Å². The summed E-state index contributed by atoms with van der Waals surface area (Å²) in [6, 6.07) is 0. The number of rotatable bonds is 6. The molecule has 0 unspecified atom stereocenters. The maximum atomic E-state index is 12.8. The topological polar surface area (TPSA) is 62.5 Å². The Labute approximate surface area is 179 Å². The summed E-state index contributed by atoms with van der Waals surface area (Å²) in [6.45, 7) is 7.27. The van der Waals surface area contributed by atoms with E-state index in [0.717, 1.165) is 52.0 Å². The molecule has 2 N–H and O–H groups in total. The summed E-state index contributed by atoms with van der Waals surface area (Å²) < 4.78 is 0. The van der Waals surface area contributed by atoms with Crippen LogP contribution >= 0.6 is 36.2 Å². The van der Waals surface area contributed by atoms with Gasteiger partial charge in [0.05, 0.1) is 10.7 Å². The molecule has 1 aromatic rings. The first-order chi connectivity index (χ1) is 12.1. The molecule has 8 heteroatoms. The lowest BCUT2D eigenvalue weighted by atomic mass is 9.71. The Morgan fingerprint density at radius 3 is 2.41 bits per heavy atom. The molecule has 1 aromatic heterocycles. The fraction of sp³-hybridized carbons (Fsp3) is 0.789. The Bertz CT molecular complexity index is 570. The fourth-order valence-corrected chi connectivity index (χ4v) is 4.89. The summed E-state index contributed by atoms with van der Waals surface area (Å²) in [5.41, 5.74) is 7.30. The van der Waals surface area contributed by atoms with Crippen LogP contribution < -0.4 is 5.73 Å². The number of nitrogens with zero attached hydrogens (tertiary/aromatic N) is 3. The van der Waals surface area contributed by atoms with E-state index in [1.165, 1.54) is 30.0 Å². The molecule has 1 saturated heterocycles. The smallest absolute Gasteiger partial charge is 0.223 e. The van der Waals surface area contributed by atoms with Gasteiger partial charge in [0.1, 0.15) is 0 Å². The van der Waals surface area contributed by atoms with Gasteiger partial charge in [0.15, 0.2) is 0 Å². The Morgan fingerprint density at radius 2 is 1.85 bits per heavy atom. The molecule has 0 radical (unpaired) electrons. The number of carbonyl (C=O) groups excluding carboxylic acids is 1. The molecular formula is C19H34Cl2N4OS. The first kappa shape index (κ1) is 24.6. The first-order valence-corrected chi connectivity index (χ1v) is 10.7. The molecular weight excluding hydrogens is 403 g/mol. The lowest BCUT2D eigenvalue weighted by molar-refractivity contribution is -0.136. The number of carbonyl (C=O) groups is 1. The fourth-order valence-electron chi connectivity index (χ4n) is 4.16. The Balaban J connectivity index is 0.00000182. The quantitative estimate of drug-likeness (QED) is 0.740. The number of thiazole rings is 1. The van der Waals surface area contributed by atoms with E-state index in [4.69, 9.17) is 5.73 Å². The highest BCUT2D eigenvalue weighted by Gasteiger charge is 2.35. The van der Waals surface area contributed by atoms with E-state index in [1.807, 2.05) is 0 Å². The van der Waals surface area contributed by atoms with Crippen molar-refractivity contribution in [1.29, 1.82) is 0 Å². The van der Waals surface area contributed by atoms with E-state index in [9.17, 15) is 4.79 Å². The molecule has 5 nitrogen and oxygen atoms in total. The normalized spacial score (nSPS) is 19.9. The minimum absolute atomic E-state index is 0. The third kappa shape index (κ3) is 6.57. The second-order valence-corrected chi connectivity index (χ2v) is 8.63. The van der Waals surface area contributed by atoms with Gasteiger partial charge < -0.3 is 10.6 Å². The van der Waals surface area contributed by atoms with Crippen molar-refractivity contribution < 1.29 is 4.79 Å². The zero-order valence-electron chi connectivity index (χ0n) is 16.3. The van der Waals surface area contributed by atoms with Crippen molar-refractivity contribution in [3.63, 3.8) is 0 Å². The van der Waals surface area contributed by atoms with Gasteiger partial charge in [-0.05, 0) is 31.2 Å². The predicted octanol–water partition coefficient (Wildman–Crippen LogP) is 3.49. The van der Waals surface area contributed by atoms with Crippen LogP contribution in [-0.2, 0) is 17.8 Å². The average Bonchev–Trinajstić information content (AvgIpc) is 3.10. The number of hydrogen-bond donors (Lipinski definition) is 1. The van der Waals surface area contributed by atoms with E-state index in [-0.39, 0.29) is 30.2 Å². The summed E-state index contributed by atoms with van der Waals surface area (Å²) in [6.07, 6.45) is 7.66. The highest BCUT2D eigenvalue weighted by molar-refractivity contribution is 7.09. The van der Waals surface area contributed by atoms with Gasteiger partial charge in [0.2, 0.25) is 5.91 Å². The maximum absolute atomic E-state index is 12.8. The molecule has 2 heterocycles. The summed E-state index contributed by atoms with van der Waals surface area (Å²) in [7, 11) is 0. The molecule has 0 bridgehead atoms. The molecule has 2 aliphatic rings. The number of aryl methyl sites for hydroxylation is 1. The van der Waals surface area contributed by atoms with Crippen LogP contribution in [0.2, 0.25) is 0 Å². The van der Waals surface area contributed by atoms with Crippen molar-refractivity contribution in [3.8, 4) is 0 Å². The van der Waals surface area contributed by atoms with Crippen molar-refractivity contribution in [3.05, 3.63) is 16.1 Å². The van der Waals surface area contributed by atoms with Gasteiger partial charge in [-0.15, -0.1) is 36.2 Å². The van der Waals surface area contributed by atoms with E-state index in [0.29, 0.717) is 18.9 Å². The molecule has 0 spiro atoms. The molecule has 27 heavy (non-hydrogen) atoms. The number of aromatic nitrogens is 1. The Morgan fingerprint density at radius 1 is 1.19 bits per heavy atom. The summed E-state index contributed by atoms with van der Waals surface area (Å²) in [5, 5.41) is 3.38. The highest BCUT2D eigenvalue weighted by atomic mass is 35.5. The average molecular weight is 437 g/mol. The van der Waals surface area contributed by atoms with Gasteiger partial charge in [-0.1, -0.05) is 26.2 Å². The van der Waals surface area contributed by atoms with Gasteiger partial charge in [0.25, 0.3) is 0 Å². The molecule has 2 fully saturated rings. The number of piperazine rings is 1. The number of halogens is 2. The Hall–Kier alpha value is -0.400. The van der Waals surface area contributed by atoms with Crippen molar-refractivity contribution in [2.24, 2.45) is 11.1 Å². The van der Waals surface area contributed by atoms with E-state index >= 15 is 0 Å². The van der Waals surface area contributed by atoms with Gasteiger partial charge in [0, 0.05) is 44.5 Å². The predicted molar refractivity (Wildman–Crippen MR) is 117 cm³/mol. The number of amides is 1. The zero-order valence-corrected chi connectivity index (χ0v) is 18.8. The van der Waals surface area contributed by atoms with Crippen LogP contribution in [-0.4, -0.2) is 53.4 Å². The Kier molecular flexibility index (Phi) is 10.6. The minimum atomic E-state index is 0. The van der Waals surface area contributed by atoms with Crippen molar-refractivity contribution in [1.82, 2.24) is 14.8 Å². The van der Waals surface area contributed by atoms with Crippen LogP contribution in [0.25, 0.3) is 0 Å². The molecule has 1 amide bonds. The lowest BCUT2D eigenvalue weighted by Crippen LogP contribution is -2.50. The van der Waals surface area contributed by atoms with Crippen molar-refractivity contribution in [2.75, 3.05) is 32.7 Å². The third-order valence-electron chi connectivity index (χ3n) is 5.89. The van der Waals surface area contributed by atoms with Gasteiger partial charge in [-0.3, -0.25) is 9.69 Å². The van der Waals surface area contributed by atoms with Crippen molar-refractivity contribution >= 4 is 42.1 Å². The molecule has 156 valence electrons. The molecule has 0 aromatic carbocycles. The number of nitrogens with two attached hydrogens (primary N) is 1. The number of hydrogen-bond acceptors (Lipinski definition) is 5. The largest absolute Gasteiger partial charge is 0.340 e. The van der Waals surface area contributed by atoms with Crippen LogP contribution in [0.3, 0.4) is 0 Å². The lowest BCUT2D eigenvalue weighted by Gasteiger charge is -2.39. The van der Waals surface area contributed by atoms with Gasteiger partial charge >= 0.3 is 0 Å². The van der Waals surface area contributed by atoms with Crippen LogP contribution in [0.5, 0.6) is 0 Å². The second-order valence-electron chi connectivity index (χ2n) is 7.68. The SMILES string of the molecule is CCc1nc(CN2CCN(C(=O)CC3(CN)CCCCC3)CC2)cs1.Cl.Cl. The second kappa shape index (κ2) is 11.6. The standard InChI is InChI=1S/C19H32N4OS.2ClH/c1-2-17-21-16(14-25-17)13-22-8-10-23(11-9-22)18(24)12-19(15-20)6-4-3-5-7-19;;/h14H,2-13,15,20H2,1H3;2*1H. The van der Waals surface area contributed by atoms with Crippen LogP contribution in [0.15, 0.2) is 5.38 Å². The molecule has 3 rings (SSSR count). The van der Waals surface area contributed by atoms with E-state index < -0.39 is 0 Å². The third-order valence-corrected chi connectivity index (χ3v) is 6.93. The molecule has 0 atom stereocenters.